The van der Waals surface area contributed by atoms with Crippen LogP contribution in [0.3, 0.4) is 0 Å². The first-order valence-corrected chi connectivity index (χ1v) is 11.3. The maximum Gasteiger partial charge on any atom is 0.291 e. The summed E-state index contributed by atoms with van der Waals surface area (Å²) in [5, 5.41) is 0.726. The molecule has 0 N–H and O–H groups in total. The molecule has 2 atom stereocenters. The van der Waals surface area contributed by atoms with E-state index in [0.29, 0.717) is 23.7 Å². The second kappa shape index (κ2) is 9.14. The molecule has 0 radical (unpaired) electrons. The van der Waals surface area contributed by atoms with Gasteiger partial charge < -0.3 is 9.80 Å². The van der Waals surface area contributed by atoms with Crippen molar-refractivity contribution < 1.29 is 14.4 Å². The molecule has 1 aliphatic heterocycles. The van der Waals surface area contributed by atoms with Gasteiger partial charge in [0, 0.05) is 18.7 Å². The van der Waals surface area contributed by atoms with E-state index in [4.69, 9.17) is 0 Å². The number of aryl methyl sites for hydroxylation is 1. The highest BCUT2D eigenvalue weighted by Gasteiger charge is 2.52. The Balaban J connectivity index is 1.73. The predicted octanol–water partition coefficient (Wildman–Crippen LogP) is 3.63. The quantitative estimate of drug-likeness (QED) is 0.314. The average Bonchev–Trinajstić information content (AvgIpc) is 3.31. The van der Waals surface area contributed by atoms with Crippen LogP contribution < -0.4 is 0 Å². The number of likely N-dealkylation sites (tertiary alicyclic amines) is 1. The highest BCUT2D eigenvalue weighted by Crippen LogP contribution is 2.40. The standard InChI is InChI=1S/C25H25N3O3S/c1-16-23(32-24(26-16)18-12-8-5-9-13-18)21(29)19-20(17-10-6-4-7-11-17)28(15-14-27(2)3)25(31)22(19)30/h4-13,19-20H,14-15H2,1-3H3. The number of thiazole rings is 1. The zero-order valence-electron chi connectivity index (χ0n) is 18.3. The minimum absolute atomic E-state index is 0.332. The summed E-state index contributed by atoms with van der Waals surface area (Å²) < 4.78 is 0. The molecule has 3 aromatic rings. The monoisotopic (exact) mass is 447 g/mol. The number of benzene rings is 2. The lowest BCUT2D eigenvalue weighted by Crippen LogP contribution is -2.36. The van der Waals surface area contributed by atoms with E-state index in [-0.39, 0.29) is 5.78 Å². The van der Waals surface area contributed by atoms with Crippen LogP contribution in [-0.2, 0) is 9.59 Å². The molecule has 1 aromatic heterocycles. The molecule has 32 heavy (non-hydrogen) atoms. The number of Topliss-reactive ketones (excluding diaryl/α,β-unsaturated/α-hetero) is 2. The van der Waals surface area contributed by atoms with Gasteiger partial charge in [0.25, 0.3) is 5.91 Å². The number of amides is 1. The summed E-state index contributed by atoms with van der Waals surface area (Å²) in [4.78, 5) is 48.3. The van der Waals surface area contributed by atoms with Gasteiger partial charge in [-0.15, -0.1) is 11.3 Å². The molecular weight excluding hydrogens is 422 g/mol. The molecule has 0 saturated carbocycles. The topological polar surface area (TPSA) is 70.6 Å². The van der Waals surface area contributed by atoms with Crippen LogP contribution in [0.1, 0.15) is 27.0 Å². The summed E-state index contributed by atoms with van der Waals surface area (Å²) in [6.45, 7) is 2.75. The predicted molar refractivity (Wildman–Crippen MR) is 125 cm³/mol. The van der Waals surface area contributed by atoms with Gasteiger partial charge in [0.05, 0.1) is 16.6 Å². The fourth-order valence-corrected chi connectivity index (χ4v) is 5.08. The summed E-state index contributed by atoms with van der Waals surface area (Å²) in [5.41, 5.74) is 2.28. The fourth-order valence-electron chi connectivity index (χ4n) is 4.03. The van der Waals surface area contributed by atoms with E-state index in [2.05, 4.69) is 4.98 Å². The van der Waals surface area contributed by atoms with Gasteiger partial charge in [-0.05, 0) is 26.6 Å². The number of nitrogens with zero attached hydrogens (tertiary/aromatic N) is 3. The molecule has 4 rings (SSSR count). The summed E-state index contributed by atoms with van der Waals surface area (Å²) in [5.74, 6) is -2.64. The van der Waals surface area contributed by atoms with Gasteiger partial charge in [-0.2, -0.15) is 0 Å². The van der Waals surface area contributed by atoms with Gasteiger partial charge >= 0.3 is 0 Å². The largest absolute Gasteiger partial charge is 0.327 e. The van der Waals surface area contributed by atoms with Gasteiger partial charge in [-0.3, -0.25) is 14.4 Å². The number of aromatic nitrogens is 1. The smallest absolute Gasteiger partial charge is 0.291 e. The first-order chi connectivity index (χ1) is 15.4. The van der Waals surface area contributed by atoms with E-state index in [0.717, 1.165) is 16.1 Å². The van der Waals surface area contributed by atoms with Crippen LogP contribution in [0.4, 0.5) is 0 Å². The number of ketones is 2. The SMILES string of the molecule is Cc1nc(-c2ccccc2)sc1C(=O)C1C(=O)C(=O)N(CCN(C)C)C1c1ccccc1. The van der Waals surface area contributed by atoms with Crippen LogP contribution in [0, 0.1) is 12.8 Å². The Bertz CT molecular complexity index is 1140. The van der Waals surface area contributed by atoms with Gasteiger partial charge in [0.1, 0.15) is 10.9 Å². The second-order valence-electron chi connectivity index (χ2n) is 8.16. The van der Waals surface area contributed by atoms with Gasteiger partial charge in [0.2, 0.25) is 5.78 Å². The van der Waals surface area contributed by atoms with Crippen LogP contribution in [0.5, 0.6) is 0 Å². The number of rotatable bonds is 7. The Morgan fingerprint density at radius 2 is 1.66 bits per heavy atom. The number of carbonyl (C=O) groups is 3. The molecule has 1 fully saturated rings. The van der Waals surface area contributed by atoms with Crippen molar-refractivity contribution in [2.24, 2.45) is 5.92 Å². The normalized spacial score (nSPS) is 18.6. The lowest BCUT2D eigenvalue weighted by molar-refractivity contribution is -0.140. The first-order valence-electron chi connectivity index (χ1n) is 10.5. The Hall–Kier alpha value is -3.16. The first kappa shape index (κ1) is 22.0. The van der Waals surface area contributed by atoms with E-state index < -0.39 is 23.7 Å². The molecule has 0 aliphatic carbocycles. The van der Waals surface area contributed by atoms with Crippen molar-refractivity contribution in [2.45, 2.75) is 13.0 Å². The van der Waals surface area contributed by atoms with Crippen molar-refractivity contribution in [1.82, 2.24) is 14.8 Å². The van der Waals surface area contributed by atoms with E-state index in [9.17, 15) is 14.4 Å². The maximum absolute atomic E-state index is 13.7. The number of likely N-dealkylation sites (N-methyl/N-ethyl adjacent to an activating group) is 1. The van der Waals surface area contributed by atoms with Crippen molar-refractivity contribution in [3.05, 3.63) is 76.8 Å². The van der Waals surface area contributed by atoms with E-state index in [1.807, 2.05) is 79.7 Å². The van der Waals surface area contributed by atoms with Crippen molar-refractivity contribution in [3.8, 4) is 10.6 Å². The molecule has 1 aliphatic rings. The summed E-state index contributed by atoms with van der Waals surface area (Å²) >= 11 is 1.28. The number of carbonyl (C=O) groups excluding carboxylic acids is 3. The van der Waals surface area contributed by atoms with Crippen molar-refractivity contribution in [1.29, 1.82) is 0 Å². The van der Waals surface area contributed by atoms with Gasteiger partial charge in [-0.1, -0.05) is 60.7 Å². The molecule has 2 unspecified atom stereocenters. The summed E-state index contributed by atoms with van der Waals surface area (Å²) in [7, 11) is 3.82. The molecule has 1 saturated heterocycles. The molecule has 2 aromatic carbocycles. The number of hydrogen-bond donors (Lipinski definition) is 0. The molecule has 164 valence electrons. The molecular formula is C25H25N3O3S. The highest BCUT2D eigenvalue weighted by atomic mass is 32.1. The zero-order chi connectivity index (χ0) is 22.8. The van der Waals surface area contributed by atoms with Crippen LogP contribution in [0.15, 0.2) is 60.7 Å². The average molecular weight is 448 g/mol. The lowest BCUT2D eigenvalue weighted by atomic mass is 9.88. The van der Waals surface area contributed by atoms with Gasteiger partial charge in [0.15, 0.2) is 5.78 Å². The van der Waals surface area contributed by atoms with Crippen LogP contribution in [0.25, 0.3) is 10.6 Å². The van der Waals surface area contributed by atoms with Crippen LogP contribution in [0.2, 0.25) is 0 Å². The molecule has 2 heterocycles. The summed E-state index contributed by atoms with van der Waals surface area (Å²) in [6.07, 6.45) is 0. The lowest BCUT2D eigenvalue weighted by Gasteiger charge is -2.28. The molecule has 1 amide bonds. The van der Waals surface area contributed by atoms with Crippen LogP contribution in [-0.4, -0.2) is 59.4 Å². The minimum Gasteiger partial charge on any atom is -0.327 e. The van der Waals surface area contributed by atoms with E-state index in [1.54, 1.807) is 11.8 Å². The maximum atomic E-state index is 13.7. The zero-order valence-corrected chi connectivity index (χ0v) is 19.1. The second-order valence-corrected chi connectivity index (χ2v) is 9.16. The Labute approximate surface area is 191 Å². The molecule has 0 bridgehead atoms. The third kappa shape index (κ3) is 4.13. The number of hydrogen-bond acceptors (Lipinski definition) is 6. The summed E-state index contributed by atoms with van der Waals surface area (Å²) in [6, 6.07) is 18.3. The highest BCUT2D eigenvalue weighted by molar-refractivity contribution is 7.17. The third-order valence-electron chi connectivity index (χ3n) is 5.66. The Morgan fingerprint density at radius 1 is 1.03 bits per heavy atom. The molecule has 0 spiro atoms. The Morgan fingerprint density at radius 3 is 2.28 bits per heavy atom. The van der Waals surface area contributed by atoms with E-state index >= 15 is 0 Å². The van der Waals surface area contributed by atoms with Crippen molar-refractivity contribution in [3.63, 3.8) is 0 Å². The molecule has 6 nitrogen and oxygen atoms in total. The minimum atomic E-state index is -1.07. The van der Waals surface area contributed by atoms with Gasteiger partial charge in [-0.25, -0.2) is 4.98 Å². The van der Waals surface area contributed by atoms with E-state index in [1.165, 1.54) is 11.3 Å². The van der Waals surface area contributed by atoms with Crippen molar-refractivity contribution in [2.75, 3.05) is 27.2 Å². The molecule has 7 heteroatoms. The third-order valence-corrected chi connectivity index (χ3v) is 6.88. The fraction of sp³-hybridized carbons (Fsp3) is 0.280. The Kier molecular flexibility index (Phi) is 6.30. The van der Waals surface area contributed by atoms with Crippen molar-refractivity contribution >= 4 is 28.8 Å². The van der Waals surface area contributed by atoms with Crippen LogP contribution >= 0.6 is 11.3 Å².